The van der Waals surface area contributed by atoms with Crippen LogP contribution in [0.3, 0.4) is 0 Å². The molecule has 0 aliphatic carbocycles. The zero-order chi connectivity index (χ0) is 18.4. The number of likely N-dealkylation sites (tertiary alicyclic amines) is 1. The molecule has 3 aliphatic heterocycles. The normalized spacial score (nSPS) is 20.8. The Kier molecular flexibility index (Phi) is 3.52. The summed E-state index contributed by atoms with van der Waals surface area (Å²) in [6, 6.07) is 5.13. The molecule has 2 aromatic rings. The predicted octanol–water partition coefficient (Wildman–Crippen LogP) is 1.29. The number of hydrogen-bond acceptors (Lipinski definition) is 7. The number of fused-ring (bicyclic) bond motifs is 1. The number of carbonyl (C=O) groups is 2. The van der Waals surface area contributed by atoms with Crippen LogP contribution in [-0.4, -0.2) is 53.0 Å². The highest BCUT2D eigenvalue weighted by molar-refractivity contribution is 5.97. The lowest BCUT2D eigenvalue weighted by Crippen LogP contribution is -2.48. The molecule has 1 unspecified atom stereocenters. The smallest absolute Gasteiger partial charge is 0.260 e. The molecule has 0 spiro atoms. The molecular weight excluding hydrogens is 352 g/mol. The number of nitrogens with zero attached hydrogens (tertiary/aromatic N) is 4. The van der Waals surface area contributed by atoms with Gasteiger partial charge in [0, 0.05) is 24.9 Å². The third kappa shape index (κ3) is 2.67. The van der Waals surface area contributed by atoms with Crippen LogP contribution in [0.1, 0.15) is 33.9 Å². The van der Waals surface area contributed by atoms with Gasteiger partial charge >= 0.3 is 0 Å². The van der Waals surface area contributed by atoms with Gasteiger partial charge in [0.05, 0.1) is 5.92 Å². The van der Waals surface area contributed by atoms with Crippen molar-refractivity contribution in [3.8, 4) is 11.5 Å². The SMILES string of the molecule is O=C1N=CC=CC1c1noc(C2CN(C(=O)c3ccc4c(c3)OCO4)C2)n1. The number of carbonyl (C=O) groups excluding carboxylic acids is 2. The lowest BCUT2D eigenvalue weighted by molar-refractivity contribution is -0.118. The van der Waals surface area contributed by atoms with Crippen LogP contribution >= 0.6 is 0 Å². The van der Waals surface area contributed by atoms with E-state index in [4.69, 9.17) is 14.0 Å². The summed E-state index contributed by atoms with van der Waals surface area (Å²) in [4.78, 5) is 34.1. The van der Waals surface area contributed by atoms with E-state index >= 15 is 0 Å². The topological polar surface area (TPSA) is 107 Å². The number of benzene rings is 1. The number of aromatic nitrogens is 2. The summed E-state index contributed by atoms with van der Waals surface area (Å²) in [7, 11) is 0. The van der Waals surface area contributed by atoms with Crippen molar-refractivity contribution in [3.05, 3.63) is 47.6 Å². The number of amides is 2. The van der Waals surface area contributed by atoms with Crippen LogP contribution in [0.25, 0.3) is 0 Å². The van der Waals surface area contributed by atoms with Gasteiger partial charge in [-0.25, -0.2) is 4.99 Å². The van der Waals surface area contributed by atoms with Crippen LogP contribution < -0.4 is 9.47 Å². The first-order chi connectivity index (χ1) is 13.2. The molecule has 1 fully saturated rings. The molecule has 0 radical (unpaired) electrons. The lowest BCUT2D eigenvalue weighted by Gasteiger charge is -2.37. The highest BCUT2D eigenvalue weighted by atomic mass is 16.7. The number of ether oxygens (including phenoxy) is 2. The van der Waals surface area contributed by atoms with Gasteiger partial charge in [-0.3, -0.25) is 9.59 Å². The van der Waals surface area contributed by atoms with Crippen molar-refractivity contribution >= 4 is 18.0 Å². The Labute approximate surface area is 153 Å². The van der Waals surface area contributed by atoms with Crippen molar-refractivity contribution in [2.45, 2.75) is 11.8 Å². The van der Waals surface area contributed by atoms with Gasteiger partial charge in [0.1, 0.15) is 5.92 Å². The molecular formula is C18H14N4O5. The van der Waals surface area contributed by atoms with E-state index in [1.807, 2.05) is 0 Å². The molecule has 5 rings (SSSR count). The molecule has 136 valence electrons. The Hall–Kier alpha value is -3.49. The largest absolute Gasteiger partial charge is 0.454 e. The van der Waals surface area contributed by atoms with Gasteiger partial charge < -0.3 is 18.9 Å². The summed E-state index contributed by atoms with van der Waals surface area (Å²) in [6.45, 7) is 1.12. The first-order valence-corrected chi connectivity index (χ1v) is 8.46. The van der Waals surface area contributed by atoms with Crippen molar-refractivity contribution in [2.24, 2.45) is 4.99 Å². The summed E-state index contributed by atoms with van der Waals surface area (Å²) >= 11 is 0. The van der Waals surface area contributed by atoms with Crippen LogP contribution in [0.5, 0.6) is 11.5 Å². The summed E-state index contributed by atoms with van der Waals surface area (Å²) in [5.41, 5.74) is 0.541. The maximum absolute atomic E-state index is 12.6. The van der Waals surface area contributed by atoms with Crippen LogP contribution in [0, 0.1) is 0 Å². The second-order valence-electron chi connectivity index (χ2n) is 6.44. The van der Waals surface area contributed by atoms with Crippen molar-refractivity contribution in [1.82, 2.24) is 15.0 Å². The van der Waals surface area contributed by atoms with E-state index in [-0.39, 0.29) is 24.5 Å². The van der Waals surface area contributed by atoms with E-state index in [2.05, 4.69) is 15.1 Å². The molecule has 1 aromatic heterocycles. The Morgan fingerprint density at radius 1 is 1.19 bits per heavy atom. The molecule has 2 amide bonds. The number of allylic oxidation sites excluding steroid dienone is 1. The van der Waals surface area contributed by atoms with Crippen LogP contribution in [0.4, 0.5) is 0 Å². The van der Waals surface area contributed by atoms with Crippen molar-refractivity contribution in [1.29, 1.82) is 0 Å². The number of aliphatic imine (C=N–C) groups is 1. The molecule has 0 bridgehead atoms. The second kappa shape index (κ2) is 6.04. The van der Waals surface area contributed by atoms with Crippen LogP contribution in [0.2, 0.25) is 0 Å². The van der Waals surface area contributed by atoms with E-state index in [0.717, 1.165) is 0 Å². The Balaban J connectivity index is 1.24. The molecule has 1 aromatic carbocycles. The van der Waals surface area contributed by atoms with Gasteiger partial charge in [0.2, 0.25) is 12.7 Å². The van der Waals surface area contributed by atoms with E-state index in [1.165, 1.54) is 6.21 Å². The molecule has 0 saturated carbocycles. The highest BCUT2D eigenvalue weighted by Crippen LogP contribution is 2.34. The monoisotopic (exact) mass is 366 g/mol. The van der Waals surface area contributed by atoms with E-state index in [9.17, 15) is 9.59 Å². The lowest BCUT2D eigenvalue weighted by atomic mass is 9.98. The fourth-order valence-corrected chi connectivity index (χ4v) is 3.19. The first-order valence-electron chi connectivity index (χ1n) is 8.46. The molecule has 1 saturated heterocycles. The first kappa shape index (κ1) is 15.7. The molecule has 1 atom stereocenters. The Morgan fingerprint density at radius 3 is 2.89 bits per heavy atom. The number of rotatable bonds is 3. The van der Waals surface area contributed by atoms with Gasteiger partial charge in [0.15, 0.2) is 17.3 Å². The minimum absolute atomic E-state index is 0.0459. The van der Waals surface area contributed by atoms with Crippen LogP contribution in [0.15, 0.2) is 39.9 Å². The maximum Gasteiger partial charge on any atom is 0.260 e. The maximum atomic E-state index is 12.6. The van der Waals surface area contributed by atoms with Gasteiger partial charge in [-0.05, 0) is 24.3 Å². The fourth-order valence-electron chi connectivity index (χ4n) is 3.19. The molecule has 0 N–H and O–H groups in total. The molecule has 4 heterocycles. The minimum Gasteiger partial charge on any atom is -0.454 e. The second-order valence-corrected chi connectivity index (χ2v) is 6.44. The Morgan fingerprint density at radius 2 is 2.04 bits per heavy atom. The standard InChI is InChI=1S/C18H14N4O5/c23-16-12(2-1-5-19-16)15-20-17(27-21-15)11-7-22(8-11)18(24)10-3-4-13-14(6-10)26-9-25-13/h1-6,11-12H,7-9H2. The summed E-state index contributed by atoms with van der Waals surface area (Å²) in [5, 5.41) is 3.89. The Bertz CT molecular complexity index is 989. The number of dihydropyridines is 1. The van der Waals surface area contributed by atoms with Gasteiger partial charge in [-0.1, -0.05) is 11.2 Å². The fraction of sp³-hybridized carbons (Fsp3) is 0.278. The molecule has 9 heteroatoms. The summed E-state index contributed by atoms with van der Waals surface area (Å²) < 4.78 is 15.9. The van der Waals surface area contributed by atoms with Gasteiger partial charge in [0.25, 0.3) is 11.8 Å². The van der Waals surface area contributed by atoms with Crippen LogP contribution in [-0.2, 0) is 4.79 Å². The van der Waals surface area contributed by atoms with E-state index in [1.54, 1.807) is 35.3 Å². The van der Waals surface area contributed by atoms with E-state index < -0.39 is 5.92 Å². The summed E-state index contributed by atoms with van der Waals surface area (Å²) in [5.74, 6) is 0.866. The highest BCUT2D eigenvalue weighted by Gasteiger charge is 2.37. The molecule has 27 heavy (non-hydrogen) atoms. The predicted molar refractivity (Wildman–Crippen MR) is 90.9 cm³/mol. The molecule has 9 nitrogen and oxygen atoms in total. The zero-order valence-corrected chi connectivity index (χ0v) is 14.1. The van der Waals surface area contributed by atoms with Crippen molar-refractivity contribution < 1.29 is 23.6 Å². The summed E-state index contributed by atoms with van der Waals surface area (Å²) in [6.07, 6.45) is 4.79. The van der Waals surface area contributed by atoms with Gasteiger partial charge in [-0.2, -0.15) is 4.98 Å². The quantitative estimate of drug-likeness (QED) is 0.805. The minimum atomic E-state index is -0.612. The van der Waals surface area contributed by atoms with Gasteiger partial charge in [-0.15, -0.1) is 0 Å². The average Bonchev–Trinajstić information content (AvgIpc) is 3.29. The van der Waals surface area contributed by atoms with E-state index in [0.29, 0.717) is 41.9 Å². The number of hydrogen-bond donors (Lipinski definition) is 0. The van der Waals surface area contributed by atoms with Crippen molar-refractivity contribution in [3.63, 3.8) is 0 Å². The zero-order valence-electron chi connectivity index (χ0n) is 14.1. The molecule has 3 aliphatic rings. The van der Waals surface area contributed by atoms with Crippen molar-refractivity contribution in [2.75, 3.05) is 19.9 Å². The average molecular weight is 366 g/mol. The third-order valence-corrected chi connectivity index (χ3v) is 4.73. The third-order valence-electron chi connectivity index (χ3n) is 4.73.